The second kappa shape index (κ2) is 16.3. The first-order valence-corrected chi connectivity index (χ1v) is 15.0. The van der Waals surface area contributed by atoms with Crippen LogP contribution in [-0.2, 0) is 13.1 Å². The van der Waals surface area contributed by atoms with Crippen molar-refractivity contribution in [3.63, 3.8) is 0 Å². The van der Waals surface area contributed by atoms with E-state index in [2.05, 4.69) is 52.5 Å². The highest BCUT2D eigenvalue weighted by atomic mass is 15.4. The SMILES string of the molecule is Cc1cc(NC2CCN(CCC#N)CC2)nc(NCc2cn(CCCNCCCNC3CCCCC3)nn2)n1. The zero-order valence-corrected chi connectivity index (χ0v) is 23.7. The van der Waals surface area contributed by atoms with Gasteiger partial charge in [0.15, 0.2) is 0 Å². The van der Waals surface area contributed by atoms with Crippen molar-refractivity contribution in [1.82, 2.24) is 40.5 Å². The third kappa shape index (κ3) is 10.7. The number of aryl methyl sites for hydroxylation is 2. The molecule has 0 radical (unpaired) electrons. The van der Waals surface area contributed by atoms with E-state index in [1.165, 1.54) is 38.5 Å². The molecular formula is C28H47N11. The maximum Gasteiger partial charge on any atom is 0.225 e. The Bertz CT molecular complexity index is 1000. The normalized spacial score (nSPS) is 17.2. The van der Waals surface area contributed by atoms with Crippen LogP contribution >= 0.6 is 0 Å². The quantitative estimate of drug-likeness (QED) is 0.237. The molecule has 1 saturated carbocycles. The Kier molecular flexibility index (Phi) is 12.2. The Morgan fingerprint density at radius 2 is 1.79 bits per heavy atom. The van der Waals surface area contributed by atoms with Crippen LogP contribution in [0.4, 0.5) is 11.8 Å². The number of likely N-dealkylation sites (tertiary alicyclic amines) is 1. The second-order valence-electron chi connectivity index (χ2n) is 11.0. The van der Waals surface area contributed by atoms with E-state index in [0.29, 0.717) is 25.0 Å². The van der Waals surface area contributed by atoms with Gasteiger partial charge in [0.05, 0.1) is 18.8 Å². The summed E-state index contributed by atoms with van der Waals surface area (Å²) in [6, 6.07) is 5.36. The molecule has 11 heteroatoms. The maximum absolute atomic E-state index is 8.80. The molecule has 0 bridgehead atoms. The molecule has 39 heavy (non-hydrogen) atoms. The van der Waals surface area contributed by atoms with E-state index < -0.39 is 0 Å². The highest BCUT2D eigenvalue weighted by Gasteiger charge is 2.19. The van der Waals surface area contributed by atoms with Gasteiger partial charge in [0, 0.05) is 56.4 Å². The van der Waals surface area contributed by atoms with Crippen LogP contribution in [0.2, 0.25) is 0 Å². The highest BCUT2D eigenvalue weighted by molar-refractivity contribution is 5.43. The largest absolute Gasteiger partial charge is 0.367 e. The van der Waals surface area contributed by atoms with Crippen LogP contribution in [0.3, 0.4) is 0 Å². The van der Waals surface area contributed by atoms with E-state index in [0.717, 1.165) is 88.3 Å². The van der Waals surface area contributed by atoms with Gasteiger partial charge >= 0.3 is 0 Å². The molecule has 0 aromatic carbocycles. The van der Waals surface area contributed by atoms with Crippen LogP contribution in [0.5, 0.6) is 0 Å². The molecular weight excluding hydrogens is 490 g/mol. The van der Waals surface area contributed by atoms with E-state index in [1.807, 2.05) is 23.9 Å². The third-order valence-electron chi connectivity index (χ3n) is 7.66. The molecule has 0 atom stereocenters. The summed E-state index contributed by atoms with van der Waals surface area (Å²) >= 11 is 0. The lowest BCUT2D eigenvalue weighted by molar-refractivity contribution is 0.223. The van der Waals surface area contributed by atoms with Crippen LogP contribution in [0, 0.1) is 18.3 Å². The lowest BCUT2D eigenvalue weighted by Crippen LogP contribution is -2.39. The van der Waals surface area contributed by atoms with Gasteiger partial charge < -0.3 is 26.2 Å². The van der Waals surface area contributed by atoms with E-state index >= 15 is 0 Å². The summed E-state index contributed by atoms with van der Waals surface area (Å²) in [6.45, 7) is 9.42. The molecule has 2 fully saturated rings. The number of rotatable bonds is 16. The molecule has 4 N–H and O–H groups in total. The fourth-order valence-electron chi connectivity index (χ4n) is 5.46. The monoisotopic (exact) mass is 537 g/mol. The number of anilines is 2. The first-order valence-electron chi connectivity index (χ1n) is 15.0. The smallest absolute Gasteiger partial charge is 0.225 e. The number of hydrogen-bond acceptors (Lipinski definition) is 10. The van der Waals surface area contributed by atoms with Crippen LogP contribution < -0.4 is 21.3 Å². The number of hydrogen-bond donors (Lipinski definition) is 4. The van der Waals surface area contributed by atoms with E-state index in [1.54, 1.807) is 0 Å². The van der Waals surface area contributed by atoms with Gasteiger partial charge in [-0.1, -0.05) is 24.5 Å². The van der Waals surface area contributed by atoms with E-state index in [-0.39, 0.29) is 0 Å². The summed E-state index contributed by atoms with van der Waals surface area (Å²) in [5.74, 6) is 1.45. The summed E-state index contributed by atoms with van der Waals surface area (Å²) in [7, 11) is 0. The summed E-state index contributed by atoms with van der Waals surface area (Å²) < 4.78 is 1.91. The first-order chi connectivity index (χ1) is 19.2. The minimum atomic E-state index is 0.387. The lowest BCUT2D eigenvalue weighted by Gasteiger charge is -2.32. The van der Waals surface area contributed by atoms with Gasteiger partial charge in [0.2, 0.25) is 5.95 Å². The van der Waals surface area contributed by atoms with Crippen molar-refractivity contribution in [1.29, 1.82) is 5.26 Å². The van der Waals surface area contributed by atoms with Crippen LogP contribution in [0.1, 0.15) is 75.6 Å². The predicted octanol–water partition coefficient (Wildman–Crippen LogP) is 3.07. The maximum atomic E-state index is 8.80. The Balaban J connectivity index is 1.09. The zero-order chi connectivity index (χ0) is 27.1. The Hall–Kier alpha value is -2.81. The van der Waals surface area contributed by atoms with Crippen LogP contribution in [-0.4, -0.2) is 81.2 Å². The van der Waals surface area contributed by atoms with Gasteiger partial charge in [-0.15, -0.1) is 5.10 Å². The number of nitrogens with zero attached hydrogens (tertiary/aromatic N) is 7. The molecule has 2 aromatic heterocycles. The van der Waals surface area contributed by atoms with Crippen LogP contribution in [0.25, 0.3) is 0 Å². The second-order valence-corrected chi connectivity index (χ2v) is 11.0. The molecule has 0 unspecified atom stereocenters. The average Bonchev–Trinajstić information content (AvgIpc) is 3.41. The van der Waals surface area contributed by atoms with Gasteiger partial charge in [0.1, 0.15) is 11.5 Å². The standard InChI is InChI=1S/C28H47N11/c1-23-20-27(34-25-10-18-38(19-11-25)16-5-12-29)35-28(33-23)32-21-26-22-39(37-36-26)17-7-14-30-13-6-15-31-24-8-3-2-4-9-24/h20,22,24-25,30-31H,2-11,13-19,21H2,1H3,(H2,32,33,34,35). The molecule has 214 valence electrons. The van der Waals surface area contributed by atoms with Gasteiger partial charge in [-0.25, -0.2) is 4.98 Å². The van der Waals surface area contributed by atoms with Crippen molar-refractivity contribution < 1.29 is 0 Å². The molecule has 3 heterocycles. The Morgan fingerprint density at radius 1 is 0.974 bits per heavy atom. The Morgan fingerprint density at radius 3 is 2.62 bits per heavy atom. The van der Waals surface area contributed by atoms with Crippen molar-refractivity contribution in [2.75, 3.05) is 49.9 Å². The highest BCUT2D eigenvalue weighted by Crippen LogP contribution is 2.18. The van der Waals surface area contributed by atoms with Gasteiger partial charge in [-0.05, 0) is 65.1 Å². The fourth-order valence-corrected chi connectivity index (χ4v) is 5.46. The van der Waals surface area contributed by atoms with Crippen LogP contribution in [0.15, 0.2) is 12.3 Å². The molecule has 1 aliphatic heterocycles. The molecule has 4 rings (SSSR count). The lowest BCUT2D eigenvalue weighted by atomic mass is 9.95. The molecule has 0 amide bonds. The molecule has 1 saturated heterocycles. The molecule has 0 spiro atoms. The number of nitrogens with one attached hydrogen (secondary N) is 4. The minimum absolute atomic E-state index is 0.387. The van der Waals surface area contributed by atoms with Gasteiger partial charge in [0.25, 0.3) is 0 Å². The predicted molar refractivity (Wildman–Crippen MR) is 154 cm³/mol. The molecule has 2 aliphatic rings. The minimum Gasteiger partial charge on any atom is -0.367 e. The van der Waals surface area contributed by atoms with E-state index in [4.69, 9.17) is 5.26 Å². The van der Waals surface area contributed by atoms with E-state index in [9.17, 15) is 0 Å². The van der Waals surface area contributed by atoms with Crippen molar-refractivity contribution in [3.05, 3.63) is 23.7 Å². The number of piperidine rings is 1. The van der Waals surface area contributed by atoms with Crippen molar-refractivity contribution >= 4 is 11.8 Å². The average molecular weight is 538 g/mol. The molecule has 1 aliphatic carbocycles. The van der Waals surface area contributed by atoms with Crippen molar-refractivity contribution in [2.45, 2.75) is 96.3 Å². The van der Waals surface area contributed by atoms with Crippen molar-refractivity contribution in [3.8, 4) is 6.07 Å². The Labute approximate surface area is 233 Å². The van der Waals surface area contributed by atoms with Crippen molar-refractivity contribution in [2.24, 2.45) is 0 Å². The van der Waals surface area contributed by atoms with Gasteiger partial charge in [-0.3, -0.25) is 4.68 Å². The molecule has 2 aromatic rings. The fraction of sp³-hybridized carbons (Fsp3) is 0.750. The third-order valence-corrected chi connectivity index (χ3v) is 7.66. The number of aromatic nitrogens is 5. The first kappa shape index (κ1) is 29.2. The molecule has 11 nitrogen and oxygen atoms in total. The summed E-state index contributed by atoms with van der Waals surface area (Å²) in [5.41, 5.74) is 1.79. The van der Waals surface area contributed by atoms with Gasteiger partial charge in [-0.2, -0.15) is 10.2 Å². The zero-order valence-electron chi connectivity index (χ0n) is 23.7. The summed E-state index contributed by atoms with van der Waals surface area (Å²) in [5, 5.41) is 31.5. The topological polar surface area (TPSA) is 132 Å². The summed E-state index contributed by atoms with van der Waals surface area (Å²) in [6.07, 6.45) is 13.8. The summed E-state index contributed by atoms with van der Waals surface area (Å²) in [4.78, 5) is 11.6. The number of nitriles is 1.